The second kappa shape index (κ2) is 7.74. The van der Waals surface area contributed by atoms with Crippen LogP contribution < -0.4 is 5.73 Å². The summed E-state index contributed by atoms with van der Waals surface area (Å²) in [6.45, 7) is 7.94. The summed E-state index contributed by atoms with van der Waals surface area (Å²) < 4.78 is 0. The van der Waals surface area contributed by atoms with Gasteiger partial charge in [-0.1, -0.05) is 20.8 Å². The van der Waals surface area contributed by atoms with Gasteiger partial charge in [0.25, 0.3) is 0 Å². The minimum Gasteiger partial charge on any atom is -0.340 e. The van der Waals surface area contributed by atoms with E-state index in [1.807, 2.05) is 12.4 Å². The van der Waals surface area contributed by atoms with Gasteiger partial charge in [-0.3, -0.25) is 4.79 Å². The monoisotopic (exact) mass is 297 g/mol. The van der Waals surface area contributed by atoms with Crippen LogP contribution in [0.4, 0.5) is 0 Å². The maximum atomic E-state index is 12.2. The molecule has 1 aromatic rings. The number of hydrogen-bond donors (Lipinski definition) is 1. The molecule has 114 valence electrons. The van der Waals surface area contributed by atoms with Gasteiger partial charge in [-0.05, 0) is 30.7 Å². The summed E-state index contributed by atoms with van der Waals surface area (Å²) in [5, 5.41) is 1.98. The van der Waals surface area contributed by atoms with Crippen molar-refractivity contribution in [3.05, 3.63) is 16.6 Å². The molecule has 1 heterocycles. The molecular weight excluding hydrogens is 270 g/mol. The number of amides is 1. The largest absolute Gasteiger partial charge is 0.340 e. The van der Waals surface area contributed by atoms with E-state index in [4.69, 9.17) is 5.73 Å². The van der Waals surface area contributed by atoms with Crippen molar-refractivity contribution in [1.29, 1.82) is 0 Å². The van der Waals surface area contributed by atoms with E-state index in [0.717, 1.165) is 18.5 Å². The fourth-order valence-corrected chi connectivity index (χ4v) is 2.90. The van der Waals surface area contributed by atoms with Crippen molar-refractivity contribution in [2.24, 2.45) is 17.1 Å². The van der Waals surface area contributed by atoms with E-state index in [2.05, 4.69) is 25.8 Å². The Bertz CT molecular complexity index is 398. The fraction of sp³-hybridized carbons (Fsp3) is 0.733. The van der Waals surface area contributed by atoms with Crippen LogP contribution in [0.3, 0.4) is 0 Å². The number of aromatic nitrogens is 1. The lowest BCUT2D eigenvalue weighted by atomic mass is 9.76. The van der Waals surface area contributed by atoms with Gasteiger partial charge in [-0.25, -0.2) is 4.98 Å². The molecule has 1 unspecified atom stereocenters. The molecule has 1 atom stereocenters. The number of carbonyl (C=O) groups excluding carboxylic acids is 1. The van der Waals surface area contributed by atoms with E-state index < -0.39 is 0 Å². The molecule has 0 fully saturated rings. The Morgan fingerprint density at radius 1 is 1.45 bits per heavy atom. The molecule has 0 spiro atoms. The predicted octanol–water partition coefficient (Wildman–Crippen LogP) is 2.89. The van der Waals surface area contributed by atoms with Crippen LogP contribution in [0, 0.1) is 11.3 Å². The van der Waals surface area contributed by atoms with Gasteiger partial charge in [0.2, 0.25) is 5.91 Å². The van der Waals surface area contributed by atoms with Gasteiger partial charge in [-0.2, -0.15) is 0 Å². The Balaban J connectivity index is 2.44. The molecule has 0 aliphatic rings. The Morgan fingerprint density at radius 3 is 2.65 bits per heavy atom. The Labute approximate surface area is 126 Å². The molecule has 0 aromatic carbocycles. The van der Waals surface area contributed by atoms with Crippen molar-refractivity contribution < 1.29 is 4.79 Å². The third-order valence-corrected chi connectivity index (χ3v) is 4.39. The molecule has 0 saturated carbocycles. The molecule has 0 saturated heterocycles. The molecule has 4 nitrogen and oxygen atoms in total. The molecule has 1 amide bonds. The van der Waals surface area contributed by atoms with Crippen LogP contribution >= 0.6 is 11.3 Å². The molecule has 1 rings (SSSR count). The van der Waals surface area contributed by atoms with E-state index in [0.29, 0.717) is 25.4 Å². The second-order valence-electron chi connectivity index (χ2n) is 6.41. The summed E-state index contributed by atoms with van der Waals surface area (Å²) in [6, 6.07) is 0. The lowest BCUT2D eigenvalue weighted by Crippen LogP contribution is -2.29. The molecule has 0 radical (unpaired) electrons. The maximum absolute atomic E-state index is 12.2. The standard InChI is InChI=1S/C15H27N3OS/c1-15(2,3)12(7-8-16)5-6-14(19)18(4)9-13-10-20-11-17-13/h10-12H,5-9,16H2,1-4H3. The molecular formula is C15H27N3OS. The lowest BCUT2D eigenvalue weighted by Gasteiger charge is -2.31. The van der Waals surface area contributed by atoms with E-state index in [1.54, 1.807) is 21.7 Å². The number of carbonyl (C=O) groups is 1. The number of rotatable bonds is 7. The highest BCUT2D eigenvalue weighted by atomic mass is 32.1. The van der Waals surface area contributed by atoms with Gasteiger partial charge in [0.15, 0.2) is 0 Å². The zero-order chi connectivity index (χ0) is 15.2. The zero-order valence-corrected chi connectivity index (χ0v) is 13.9. The van der Waals surface area contributed by atoms with Gasteiger partial charge in [0, 0.05) is 18.8 Å². The normalized spacial score (nSPS) is 13.2. The van der Waals surface area contributed by atoms with Crippen LogP contribution in [0.5, 0.6) is 0 Å². The van der Waals surface area contributed by atoms with Crippen LogP contribution in [0.15, 0.2) is 10.9 Å². The van der Waals surface area contributed by atoms with Crippen LogP contribution in [0.2, 0.25) is 0 Å². The van der Waals surface area contributed by atoms with Gasteiger partial charge < -0.3 is 10.6 Å². The lowest BCUT2D eigenvalue weighted by molar-refractivity contribution is -0.131. The van der Waals surface area contributed by atoms with Crippen LogP contribution in [-0.4, -0.2) is 29.4 Å². The molecule has 20 heavy (non-hydrogen) atoms. The third-order valence-electron chi connectivity index (χ3n) is 3.75. The highest BCUT2D eigenvalue weighted by Gasteiger charge is 2.24. The fourth-order valence-electron chi connectivity index (χ4n) is 2.35. The topological polar surface area (TPSA) is 59.2 Å². The van der Waals surface area contributed by atoms with E-state index >= 15 is 0 Å². The zero-order valence-electron chi connectivity index (χ0n) is 13.1. The first kappa shape index (κ1) is 17.1. The average molecular weight is 297 g/mol. The molecule has 0 aliphatic carbocycles. The van der Waals surface area contributed by atoms with Crippen molar-refractivity contribution >= 4 is 17.2 Å². The number of thiazole rings is 1. The van der Waals surface area contributed by atoms with Crippen molar-refractivity contribution in [1.82, 2.24) is 9.88 Å². The highest BCUT2D eigenvalue weighted by molar-refractivity contribution is 7.07. The maximum Gasteiger partial charge on any atom is 0.222 e. The van der Waals surface area contributed by atoms with E-state index in [1.165, 1.54) is 0 Å². The molecule has 2 N–H and O–H groups in total. The van der Waals surface area contributed by atoms with Gasteiger partial charge in [-0.15, -0.1) is 11.3 Å². The van der Waals surface area contributed by atoms with Gasteiger partial charge >= 0.3 is 0 Å². The minimum absolute atomic E-state index is 0.185. The summed E-state index contributed by atoms with van der Waals surface area (Å²) in [5.74, 6) is 0.674. The Kier molecular flexibility index (Phi) is 6.62. The van der Waals surface area contributed by atoms with Crippen LogP contribution in [0.1, 0.15) is 45.7 Å². The van der Waals surface area contributed by atoms with E-state index in [-0.39, 0.29) is 11.3 Å². The van der Waals surface area contributed by atoms with Crippen molar-refractivity contribution in [2.45, 2.75) is 46.6 Å². The highest BCUT2D eigenvalue weighted by Crippen LogP contribution is 2.32. The van der Waals surface area contributed by atoms with Crippen molar-refractivity contribution in [3.8, 4) is 0 Å². The second-order valence-corrected chi connectivity index (χ2v) is 7.13. The first-order valence-corrected chi connectivity index (χ1v) is 8.10. The molecule has 0 bridgehead atoms. The minimum atomic E-state index is 0.185. The first-order chi connectivity index (χ1) is 9.34. The van der Waals surface area contributed by atoms with Gasteiger partial charge in [0.1, 0.15) is 0 Å². The van der Waals surface area contributed by atoms with Crippen LogP contribution in [-0.2, 0) is 11.3 Å². The van der Waals surface area contributed by atoms with Gasteiger partial charge in [0.05, 0.1) is 17.7 Å². The Morgan fingerprint density at radius 2 is 2.15 bits per heavy atom. The number of hydrogen-bond acceptors (Lipinski definition) is 4. The summed E-state index contributed by atoms with van der Waals surface area (Å²) >= 11 is 1.56. The SMILES string of the molecule is CN(Cc1cscn1)C(=O)CCC(CCN)C(C)(C)C. The Hall–Kier alpha value is -0.940. The predicted molar refractivity (Wildman–Crippen MR) is 84.4 cm³/mol. The number of nitrogens with two attached hydrogens (primary N) is 1. The van der Waals surface area contributed by atoms with Crippen molar-refractivity contribution in [2.75, 3.05) is 13.6 Å². The summed E-state index contributed by atoms with van der Waals surface area (Å²) in [6.07, 6.45) is 2.47. The van der Waals surface area contributed by atoms with E-state index in [9.17, 15) is 4.79 Å². The third kappa shape index (κ3) is 5.59. The quantitative estimate of drug-likeness (QED) is 0.842. The molecule has 5 heteroatoms. The van der Waals surface area contributed by atoms with Crippen LogP contribution in [0.25, 0.3) is 0 Å². The molecule has 0 aliphatic heterocycles. The summed E-state index contributed by atoms with van der Waals surface area (Å²) in [4.78, 5) is 18.1. The summed E-state index contributed by atoms with van der Waals surface area (Å²) in [7, 11) is 1.84. The first-order valence-electron chi connectivity index (χ1n) is 7.15. The smallest absolute Gasteiger partial charge is 0.222 e. The van der Waals surface area contributed by atoms with Crippen molar-refractivity contribution in [3.63, 3.8) is 0 Å². The molecule has 1 aromatic heterocycles. The number of nitrogens with zero attached hydrogens (tertiary/aromatic N) is 2. The summed E-state index contributed by atoms with van der Waals surface area (Å²) in [5.41, 5.74) is 8.64. The average Bonchev–Trinajstić information content (AvgIpc) is 2.85.